The van der Waals surface area contributed by atoms with Crippen molar-refractivity contribution < 1.29 is 4.74 Å². The van der Waals surface area contributed by atoms with Crippen LogP contribution < -0.4 is 15.4 Å². The lowest BCUT2D eigenvalue weighted by molar-refractivity contribution is 0.228. The van der Waals surface area contributed by atoms with Gasteiger partial charge in [0.15, 0.2) is 11.6 Å². The van der Waals surface area contributed by atoms with Gasteiger partial charge in [0.25, 0.3) is 0 Å². The number of benzene rings is 1. The van der Waals surface area contributed by atoms with E-state index in [2.05, 4.69) is 46.2 Å². The van der Waals surface area contributed by atoms with Crippen molar-refractivity contribution in [3.63, 3.8) is 0 Å². The fourth-order valence-electron chi connectivity index (χ4n) is 4.23. The SMILES string of the molecule is Cc1ccc2c(c1)[C@@H](C)Oc1cc(cnc1N)-c1c(nn(C)c1C#N)CC1CN21. The van der Waals surface area contributed by atoms with Crippen molar-refractivity contribution >= 4 is 11.5 Å². The van der Waals surface area contributed by atoms with Crippen LogP contribution >= 0.6 is 0 Å². The third-order valence-electron chi connectivity index (χ3n) is 5.77. The van der Waals surface area contributed by atoms with Crippen molar-refractivity contribution in [1.29, 1.82) is 5.26 Å². The summed E-state index contributed by atoms with van der Waals surface area (Å²) in [6.07, 6.45) is 2.28. The Kier molecular flexibility index (Phi) is 3.78. The highest BCUT2D eigenvalue weighted by Crippen LogP contribution is 2.41. The molecule has 0 spiro atoms. The van der Waals surface area contributed by atoms with Gasteiger partial charge in [-0.3, -0.25) is 4.68 Å². The van der Waals surface area contributed by atoms with Crippen LogP contribution in [0.2, 0.25) is 0 Å². The fourth-order valence-corrected chi connectivity index (χ4v) is 4.23. The standard InChI is InChI=1S/C22H22N6O/c1-12-4-5-18-16(6-12)13(2)29-20-7-14(10-25-22(20)24)21-17(8-15-11-28(15)18)26-27(3)19(21)9-23/h4-7,10,13,15H,8,11H2,1-3H3,(H2,24,25)/t13-,15?,28?/m1/s1. The third-order valence-corrected chi connectivity index (χ3v) is 5.77. The molecule has 2 aliphatic heterocycles. The van der Waals surface area contributed by atoms with Crippen LogP contribution in [0, 0.1) is 18.3 Å². The zero-order valence-electron chi connectivity index (χ0n) is 16.7. The van der Waals surface area contributed by atoms with Crippen LogP contribution in [-0.2, 0) is 13.5 Å². The van der Waals surface area contributed by atoms with E-state index in [1.54, 1.807) is 17.9 Å². The van der Waals surface area contributed by atoms with E-state index in [1.807, 2.05) is 13.0 Å². The molecule has 146 valence electrons. The van der Waals surface area contributed by atoms with Crippen LogP contribution in [-0.4, -0.2) is 27.4 Å². The van der Waals surface area contributed by atoms with Gasteiger partial charge in [0.05, 0.1) is 11.7 Å². The molecule has 0 amide bonds. The fraction of sp³-hybridized carbons (Fsp3) is 0.318. The zero-order chi connectivity index (χ0) is 20.3. The highest BCUT2D eigenvalue weighted by Gasteiger charge is 2.38. The number of ether oxygens (including phenoxy) is 1. The number of aromatic nitrogens is 3. The number of aryl methyl sites for hydroxylation is 2. The van der Waals surface area contributed by atoms with Gasteiger partial charge < -0.3 is 15.4 Å². The van der Waals surface area contributed by atoms with Crippen molar-refractivity contribution in [1.82, 2.24) is 14.8 Å². The van der Waals surface area contributed by atoms with Gasteiger partial charge >= 0.3 is 0 Å². The number of anilines is 2. The number of nitrogen functional groups attached to an aromatic ring is 1. The maximum atomic E-state index is 9.71. The van der Waals surface area contributed by atoms with E-state index in [0.29, 0.717) is 23.3 Å². The molecule has 2 atom stereocenters. The quantitative estimate of drug-likeness (QED) is 0.597. The molecule has 1 saturated heterocycles. The Morgan fingerprint density at radius 3 is 2.93 bits per heavy atom. The number of pyridine rings is 1. The molecule has 2 aromatic heterocycles. The highest BCUT2D eigenvalue weighted by molar-refractivity contribution is 5.74. The minimum Gasteiger partial charge on any atom is -0.482 e. The molecule has 0 radical (unpaired) electrons. The Morgan fingerprint density at radius 1 is 1.31 bits per heavy atom. The van der Waals surface area contributed by atoms with Gasteiger partial charge in [-0.05, 0) is 26.0 Å². The molecule has 7 heteroatoms. The van der Waals surface area contributed by atoms with Gasteiger partial charge in [-0.15, -0.1) is 0 Å². The van der Waals surface area contributed by atoms with Crippen molar-refractivity contribution in [2.24, 2.45) is 7.05 Å². The van der Waals surface area contributed by atoms with E-state index < -0.39 is 0 Å². The van der Waals surface area contributed by atoms with E-state index in [-0.39, 0.29) is 6.10 Å². The summed E-state index contributed by atoms with van der Waals surface area (Å²) in [6.45, 7) is 5.08. The van der Waals surface area contributed by atoms with Gasteiger partial charge in [0, 0.05) is 48.6 Å². The minimum absolute atomic E-state index is 0.186. The molecule has 3 aromatic rings. The van der Waals surface area contributed by atoms with Gasteiger partial charge in [-0.1, -0.05) is 17.7 Å². The number of rotatable bonds is 0. The number of hydrogen-bond donors (Lipinski definition) is 1. The molecule has 2 bridgehead atoms. The van der Waals surface area contributed by atoms with Crippen LogP contribution in [0.1, 0.15) is 35.5 Å². The summed E-state index contributed by atoms with van der Waals surface area (Å²) in [7, 11) is 1.80. The molecule has 0 saturated carbocycles. The molecule has 5 rings (SSSR count). The number of nitrogens with two attached hydrogens (primary N) is 1. The van der Waals surface area contributed by atoms with E-state index in [1.165, 1.54) is 11.3 Å². The summed E-state index contributed by atoms with van der Waals surface area (Å²) in [4.78, 5) is 6.72. The predicted molar refractivity (Wildman–Crippen MR) is 111 cm³/mol. The Labute approximate surface area is 169 Å². The molecule has 29 heavy (non-hydrogen) atoms. The van der Waals surface area contributed by atoms with Gasteiger partial charge in [0.1, 0.15) is 17.9 Å². The molecule has 2 aliphatic rings. The summed E-state index contributed by atoms with van der Waals surface area (Å²) < 4.78 is 7.92. The molecule has 2 N–H and O–H groups in total. The van der Waals surface area contributed by atoms with Crippen molar-refractivity contribution in [2.45, 2.75) is 32.4 Å². The first-order valence-corrected chi connectivity index (χ1v) is 9.72. The van der Waals surface area contributed by atoms with Crippen molar-refractivity contribution in [3.8, 4) is 22.9 Å². The zero-order valence-corrected chi connectivity index (χ0v) is 16.7. The van der Waals surface area contributed by atoms with Gasteiger partial charge in [0.2, 0.25) is 0 Å². The van der Waals surface area contributed by atoms with Crippen LogP contribution in [0.25, 0.3) is 11.1 Å². The molecule has 4 heterocycles. The topological polar surface area (TPSA) is 92.8 Å². The second-order valence-electron chi connectivity index (χ2n) is 7.85. The molecule has 0 aliphatic carbocycles. The summed E-state index contributed by atoms with van der Waals surface area (Å²) in [5.74, 6) is 0.851. The van der Waals surface area contributed by atoms with Crippen LogP contribution in [0.3, 0.4) is 0 Å². The van der Waals surface area contributed by atoms with E-state index >= 15 is 0 Å². The number of nitriles is 1. The molecular formula is C22H22N6O. The van der Waals surface area contributed by atoms with E-state index in [4.69, 9.17) is 10.5 Å². The summed E-state index contributed by atoms with van der Waals surface area (Å²) in [5.41, 5.74) is 12.7. The Balaban J connectivity index is 1.72. The lowest BCUT2D eigenvalue weighted by atomic mass is 10.0. The molecule has 1 fully saturated rings. The van der Waals surface area contributed by atoms with E-state index in [9.17, 15) is 5.26 Å². The van der Waals surface area contributed by atoms with Crippen LogP contribution in [0.5, 0.6) is 5.75 Å². The molecule has 7 nitrogen and oxygen atoms in total. The summed E-state index contributed by atoms with van der Waals surface area (Å²) in [6, 6.07) is 11.0. The normalized spacial score (nSPS) is 19.6. The number of hydrogen-bond acceptors (Lipinski definition) is 6. The molecule has 1 unspecified atom stereocenters. The second-order valence-corrected chi connectivity index (χ2v) is 7.85. The Bertz CT molecular complexity index is 1170. The Hall–Kier alpha value is -3.53. The first kappa shape index (κ1) is 17.6. The predicted octanol–water partition coefficient (Wildman–Crippen LogP) is 3.13. The molecular weight excluding hydrogens is 364 g/mol. The third kappa shape index (κ3) is 2.80. The monoisotopic (exact) mass is 386 g/mol. The van der Waals surface area contributed by atoms with Crippen LogP contribution in [0.15, 0.2) is 30.5 Å². The smallest absolute Gasteiger partial charge is 0.166 e. The lowest BCUT2D eigenvalue weighted by Crippen LogP contribution is -2.12. The number of nitrogens with zero attached hydrogens (tertiary/aromatic N) is 5. The van der Waals surface area contributed by atoms with Gasteiger partial charge in [-0.2, -0.15) is 10.4 Å². The van der Waals surface area contributed by atoms with E-state index in [0.717, 1.165) is 35.3 Å². The first-order chi connectivity index (χ1) is 14.0. The largest absolute Gasteiger partial charge is 0.482 e. The average Bonchev–Trinajstić information content (AvgIpc) is 3.37. The molecule has 1 aromatic carbocycles. The Morgan fingerprint density at radius 2 is 2.14 bits per heavy atom. The van der Waals surface area contributed by atoms with Crippen molar-refractivity contribution in [2.75, 3.05) is 17.2 Å². The summed E-state index contributed by atoms with van der Waals surface area (Å²) >= 11 is 0. The maximum Gasteiger partial charge on any atom is 0.166 e. The maximum absolute atomic E-state index is 9.71. The second kappa shape index (κ2) is 6.24. The first-order valence-electron chi connectivity index (χ1n) is 9.72. The highest BCUT2D eigenvalue weighted by atomic mass is 16.5. The van der Waals surface area contributed by atoms with Crippen LogP contribution in [0.4, 0.5) is 11.5 Å². The average molecular weight is 386 g/mol. The minimum atomic E-state index is -0.186. The van der Waals surface area contributed by atoms with Gasteiger partial charge in [-0.25, -0.2) is 4.98 Å². The summed E-state index contributed by atoms with van der Waals surface area (Å²) in [5, 5.41) is 14.4. The lowest BCUT2D eigenvalue weighted by Gasteiger charge is -2.22. The number of fused-ring (bicyclic) bond motifs is 7. The van der Waals surface area contributed by atoms with Crippen molar-refractivity contribution in [3.05, 3.63) is 53.0 Å².